The van der Waals surface area contributed by atoms with E-state index in [1.165, 1.54) is 18.2 Å². The highest BCUT2D eigenvalue weighted by Gasteiger charge is 2.12. The van der Waals surface area contributed by atoms with Crippen LogP contribution in [0.25, 0.3) is 5.65 Å². The van der Waals surface area contributed by atoms with Gasteiger partial charge in [-0.05, 0) is 31.5 Å². The number of hydrogen-bond donors (Lipinski definition) is 1. The number of aromatic nitrogens is 2. The molecule has 0 bridgehead atoms. The van der Waals surface area contributed by atoms with E-state index >= 15 is 0 Å². The molecule has 2 aromatic heterocycles. The Morgan fingerprint density at radius 2 is 2.12 bits per heavy atom. The Hall–Kier alpha value is -3.22. The first-order valence-electron chi connectivity index (χ1n) is 7.53. The predicted octanol–water partition coefficient (Wildman–Crippen LogP) is 3.37. The first kappa shape index (κ1) is 15.7. The molecular weight excluding hydrogens is 308 g/mol. The summed E-state index contributed by atoms with van der Waals surface area (Å²) in [5.74, 6) is -0.330. The van der Waals surface area contributed by atoms with Crippen LogP contribution >= 0.6 is 0 Å². The van der Waals surface area contributed by atoms with Gasteiger partial charge in [0.25, 0.3) is 11.6 Å². The van der Waals surface area contributed by atoms with Gasteiger partial charge in [0, 0.05) is 29.7 Å². The molecule has 0 spiro atoms. The minimum atomic E-state index is -0.497. The van der Waals surface area contributed by atoms with Gasteiger partial charge in [0.1, 0.15) is 5.65 Å². The molecule has 7 nitrogen and oxygen atoms in total. The summed E-state index contributed by atoms with van der Waals surface area (Å²) in [6.07, 6.45) is 2.55. The van der Waals surface area contributed by atoms with Crippen molar-refractivity contribution in [2.75, 3.05) is 5.32 Å². The summed E-state index contributed by atoms with van der Waals surface area (Å²) in [5.41, 5.74) is 3.55. The number of carbonyl (C=O) groups excluding carboxylic acids is 1. The first-order chi connectivity index (χ1) is 11.5. The number of nitrogens with zero attached hydrogens (tertiary/aromatic N) is 3. The first-order valence-corrected chi connectivity index (χ1v) is 7.53. The van der Waals surface area contributed by atoms with E-state index in [0.29, 0.717) is 11.3 Å². The highest BCUT2D eigenvalue weighted by molar-refractivity contribution is 6.04. The highest BCUT2D eigenvalue weighted by Crippen LogP contribution is 2.19. The fraction of sp³-hybridized carbons (Fsp3) is 0.176. The van der Waals surface area contributed by atoms with Crippen molar-refractivity contribution in [3.63, 3.8) is 0 Å². The van der Waals surface area contributed by atoms with Gasteiger partial charge >= 0.3 is 0 Å². The molecule has 122 valence electrons. The summed E-state index contributed by atoms with van der Waals surface area (Å²) in [4.78, 5) is 27.2. The molecule has 0 fully saturated rings. The quantitative estimate of drug-likeness (QED) is 0.588. The summed E-state index contributed by atoms with van der Waals surface area (Å²) in [6.45, 7) is 3.99. The van der Waals surface area contributed by atoms with Gasteiger partial charge in [0.2, 0.25) is 0 Å². The van der Waals surface area contributed by atoms with Crippen LogP contribution < -0.4 is 5.32 Å². The van der Waals surface area contributed by atoms with Crippen LogP contribution in [0.1, 0.15) is 28.7 Å². The van der Waals surface area contributed by atoms with Crippen molar-refractivity contribution >= 4 is 22.9 Å². The van der Waals surface area contributed by atoms with Gasteiger partial charge in [-0.3, -0.25) is 14.9 Å². The highest BCUT2D eigenvalue weighted by atomic mass is 16.6. The van der Waals surface area contributed by atoms with Crippen molar-refractivity contribution in [1.82, 2.24) is 9.38 Å². The second-order valence-corrected chi connectivity index (χ2v) is 5.40. The number of hydrogen-bond acceptors (Lipinski definition) is 4. The van der Waals surface area contributed by atoms with Crippen LogP contribution in [-0.4, -0.2) is 20.2 Å². The number of pyridine rings is 1. The van der Waals surface area contributed by atoms with E-state index in [4.69, 9.17) is 0 Å². The Bertz CT molecular complexity index is 946. The largest absolute Gasteiger partial charge is 0.322 e. The lowest BCUT2D eigenvalue weighted by Gasteiger charge is -2.06. The van der Waals surface area contributed by atoms with E-state index in [9.17, 15) is 14.9 Å². The number of anilines is 1. The molecule has 1 N–H and O–H groups in total. The zero-order valence-electron chi connectivity index (χ0n) is 13.3. The van der Waals surface area contributed by atoms with Crippen LogP contribution in [0, 0.1) is 17.0 Å². The van der Waals surface area contributed by atoms with E-state index in [2.05, 4.69) is 10.3 Å². The molecule has 0 saturated heterocycles. The number of rotatable bonds is 4. The Kier molecular flexibility index (Phi) is 3.99. The number of aryl methyl sites for hydroxylation is 2. The molecule has 0 aliphatic carbocycles. The van der Waals surface area contributed by atoms with Crippen molar-refractivity contribution < 1.29 is 9.72 Å². The standard InChI is InChI=1S/C17H16N4O3/c1-3-15-11(2)20-10-12(7-8-16(20)19-15)17(22)18-13-5-4-6-14(9-13)21(23)24/h4-10H,3H2,1-2H3,(H,18,22). The Morgan fingerprint density at radius 3 is 2.83 bits per heavy atom. The summed E-state index contributed by atoms with van der Waals surface area (Å²) < 4.78 is 1.88. The summed E-state index contributed by atoms with van der Waals surface area (Å²) in [6, 6.07) is 9.32. The fourth-order valence-electron chi connectivity index (χ4n) is 2.58. The molecule has 0 aliphatic rings. The fourth-order valence-corrected chi connectivity index (χ4v) is 2.58. The molecule has 1 aromatic carbocycles. The smallest absolute Gasteiger partial charge is 0.271 e. The van der Waals surface area contributed by atoms with E-state index in [0.717, 1.165) is 23.5 Å². The predicted molar refractivity (Wildman–Crippen MR) is 90.4 cm³/mol. The van der Waals surface area contributed by atoms with E-state index < -0.39 is 4.92 Å². The third-order valence-electron chi connectivity index (χ3n) is 3.87. The van der Waals surface area contributed by atoms with Gasteiger partial charge in [0.05, 0.1) is 16.2 Å². The molecule has 24 heavy (non-hydrogen) atoms. The van der Waals surface area contributed by atoms with Crippen molar-refractivity contribution in [2.24, 2.45) is 0 Å². The van der Waals surface area contributed by atoms with Gasteiger partial charge in [-0.2, -0.15) is 0 Å². The number of carbonyl (C=O) groups is 1. The van der Waals surface area contributed by atoms with Crippen molar-refractivity contribution in [3.05, 3.63) is 69.7 Å². The summed E-state index contributed by atoms with van der Waals surface area (Å²) in [7, 11) is 0. The lowest BCUT2D eigenvalue weighted by atomic mass is 10.2. The Labute approximate surface area is 138 Å². The maximum atomic E-state index is 12.4. The average molecular weight is 324 g/mol. The van der Waals surface area contributed by atoms with Crippen LogP contribution in [0.5, 0.6) is 0 Å². The normalized spacial score (nSPS) is 10.8. The van der Waals surface area contributed by atoms with E-state index in [-0.39, 0.29) is 11.6 Å². The Balaban J connectivity index is 1.90. The number of amides is 1. The van der Waals surface area contributed by atoms with Gasteiger partial charge in [-0.1, -0.05) is 13.0 Å². The van der Waals surface area contributed by atoms with Gasteiger partial charge < -0.3 is 9.72 Å². The third-order valence-corrected chi connectivity index (χ3v) is 3.87. The molecule has 3 aromatic rings. The molecule has 0 saturated carbocycles. The van der Waals surface area contributed by atoms with Gasteiger partial charge in [-0.25, -0.2) is 4.98 Å². The lowest BCUT2D eigenvalue weighted by Crippen LogP contribution is -2.12. The molecule has 1 amide bonds. The van der Waals surface area contributed by atoms with Crippen LogP contribution in [0.15, 0.2) is 42.6 Å². The van der Waals surface area contributed by atoms with Crippen LogP contribution in [0.4, 0.5) is 11.4 Å². The minimum absolute atomic E-state index is 0.0682. The third kappa shape index (κ3) is 2.83. The number of imidazole rings is 1. The minimum Gasteiger partial charge on any atom is -0.322 e. The second kappa shape index (κ2) is 6.11. The monoisotopic (exact) mass is 324 g/mol. The van der Waals surface area contributed by atoms with E-state index in [1.54, 1.807) is 24.4 Å². The molecule has 3 rings (SSSR count). The number of fused-ring (bicyclic) bond motifs is 1. The van der Waals surface area contributed by atoms with Crippen LogP contribution in [0.2, 0.25) is 0 Å². The molecule has 0 aliphatic heterocycles. The van der Waals surface area contributed by atoms with Gasteiger partial charge in [-0.15, -0.1) is 0 Å². The number of nitrogens with one attached hydrogen (secondary N) is 1. The van der Waals surface area contributed by atoms with Crippen molar-refractivity contribution in [2.45, 2.75) is 20.3 Å². The maximum Gasteiger partial charge on any atom is 0.271 e. The Morgan fingerprint density at radius 1 is 1.33 bits per heavy atom. The zero-order chi connectivity index (χ0) is 17.3. The van der Waals surface area contributed by atoms with Crippen LogP contribution in [-0.2, 0) is 6.42 Å². The molecule has 7 heteroatoms. The molecule has 0 unspecified atom stereocenters. The molecule has 0 radical (unpaired) electrons. The van der Waals surface area contributed by atoms with E-state index in [1.807, 2.05) is 18.2 Å². The maximum absolute atomic E-state index is 12.4. The van der Waals surface area contributed by atoms with Gasteiger partial charge in [0.15, 0.2) is 0 Å². The SMILES string of the molecule is CCc1nc2ccc(C(=O)Nc3cccc([N+](=O)[O-])c3)cn2c1C. The average Bonchev–Trinajstić information content (AvgIpc) is 2.90. The summed E-state index contributed by atoms with van der Waals surface area (Å²) >= 11 is 0. The molecule has 2 heterocycles. The number of nitro groups is 1. The molecule has 0 atom stereocenters. The topological polar surface area (TPSA) is 89.5 Å². The number of non-ortho nitro benzene ring substituents is 1. The summed E-state index contributed by atoms with van der Waals surface area (Å²) in [5, 5.41) is 13.5. The zero-order valence-corrected chi connectivity index (χ0v) is 13.3. The second-order valence-electron chi connectivity index (χ2n) is 5.40. The number of nitro benzene ring substituents is 1. The van der Waals surface area contributed by atoms with Crippen molar-refractivity contribution in [1.29, 1.82) is 0 Å². The lowest BCUT2D eigenvalue weighted by molar-refractivity contribution is -0.384. The molecular formula is C17H16N4O3. The van der Waals surface area contributed by atoms with Crippen LogP contribution in [0.3, 0.4) is 0 Å². The van der Waals surface area contributed by atoms with Crippen molar-refractivity contribution in [3.8, 4) is 0 Å². The number of benzene rings is 1.